The molecule has 3 rings (SSSR count). The van der Waals surface area contributed by atoms with E-state index in [0.29, 0.717) is 11.5 Å². The lowest BCUT2D eigenvalue weighted by molar-refractivity contribution is -0.907. The summed E-state index contributed by atoms with van der Waals surface area (Å²) >= 11 is 0. The normalized spacial score (nSPS) is 12.4. The molecule has 1 atom stereocenters. The fourth-order valence-corrected chi connectivity index (χ4v) is 3.89. The topological polar surface area (TPSA) is 53.1 Å². The average molecular weight is 397 g/mol. The van der Waals surface area contributed by atoms with Crippen molar-refractivity contribution >= 4 is 11.0 Å². The maximum Gasteiger partial charge on any atom is 0.336 e. The van der Waals surface area contributed by atoms with Crippen LogP contribution in [0.4, 0.5) is 0 Å². The van der Waals surface area contributed by atoms with Crippen LogP contribution in [0.2, 0.25) is 0 Å². The molecule has 154 valence electrons. The number of quaternary nitrogens is 1. The number of hydrogen-bond acceptors (Lipinski definition) is 4. The zero-order chi connectivity index (χ0) is 21.1. The van der Waals surface area contributed by atoms with Gasteiger partial charge in [-0.3, -0.25) is 0 Å². The molecule has 1 N–H and O–H groups in total. The number of fused-ring (bicyclic) bond motifs is 1. The number of aryl methyl sites for hydroxylation is 1. The minimum Gasteiger partial charge on any atom is -0.493 e. The molecule has 5 nitrogen and oxygen atoms in total. The Balaban J connectivity index is 1.91. The molecule has 0 saturated carbocycles. The van der Waals surface area contributed by atoms with Crippen molar-refractivity contribution in [3.63, 3.8) is 0 Å². The molecule has 0 bridgehead atoms. The lowest BCUT2D eigenvalue weighted by Crippen LogP contribution is -3.06. The van der Waals surface area contributed by atoms with E-state index in [1.54, 1.807) is 20.3 Å². The van der Waals surface area contributed by atoms with Crippen molar-refractivity contribution in [2.24, 2.45) is 0 Å². The highest BCUT2D eigenvalue weighted by atomic mass is 16.5. The number of ether oxygens (including phenoxy) is 2. The van der Waals surface area contributed by atoms with Crippen LogP contribution in [-0.4, -0.2) is 21.3 Å². The predicted octanol–water partition coefficient (Wildman–Crippen LogP) is 3.46. The van der Waals surface area contributed by atoms with Gasteiger partial charge in [-0.15, -0.1) is 0 Å². The molecule has 0 radical (unpaired) electrons. The SMILES string of the molecule is COc1ccc(C[NH+](C)Cc2cc(=O)oc3cc(C)c(C(C)C)cc23)cc1OC. The first-order chi connectivity index (χ1) is 13.8. The van der Waals surface area contributed by atoms with E-state index in [2.05, 4.69) is 33.9 Å². The smallest absolute Gasteiger partial charge is 0.336 e. The quantitative estimate of drug-likeness (QED) is 0.622. The van der Waals surface area contributed by atoms with Gasteiger partial charge in [-0.25, -0.2) is 4.79 Å². The summed E-state index contributed by atoms with van der Waals surface area (Å²) < 4.78 is 16.2. The number of hydrogen-bond donors (Lipinski definition) is 1. The van der Waals surface area contributed by atoms with E-state index in [4.69, 9.17) is 13.9 Å². The van der Waals surface area contributed by atoms with Gasteiger partial charge >= 0.3 is 5.63 Å². The first-order valence-electron chi connectivity index (χ1n) is 9.91. The largest absolute Gasteiger partial charge is 0.493 e. The Hall–Kier alpha value is -2.79. The molecule has 1 unspecified atom stereocenters. The molecule has 0 fully saturated rings. The van der Waals surface area contributed by atoms with Gasteiger partial charge in [-0.2, -0.15) is 0 Å². The molecule has 0 aliphatic heterocycles. The van der Waals surface area contributed by atoms with Crippen LogP contribution in [0.25, 0.3) is 11.0 Å². The van der Waals surface area contributed by atoms with Crippen LogP contribution < -0.4 is 20.0 Å². The van der Waals surface area contributed by atoms with Crippen LogP contribution in [0.1, 0.15) is 42.0 Å². The third kappa shape index (κ3) is 4.62. The van der Waals surface area contributed by atoms with Gasteiger partial charge < -0.3 is 18.8 Å². The van der Waals surface area contributed by atoms with E-state index in [1.165, 1.54) is 10.5 Å². The zero-order valence-electron chi connectivity index (χ0n) is 18.1. The monoisotopic (exact) mass is 396 g/mol. The van der Waals surface area contributed by atoms with Crippen LogP contribution in [-0.2, 0) is 13.1 Å². The number of nitrogens with one attached hydrogen (secondary N) is 1. The van der Waals surface area contributed by atoms with Crippen molar-refractivity contribution in [1.82, 2.24) is 0 Å². The molecule has 1 aromatic heterocycles. The van der Waals surface area contributed by atoms with Crippen LogP contribution in [0.3, 0.4) is 0 Å². The summed E-state index contributed by atoms with van der Waals surface area (Å²) in [6.07, 6.45) is 0. The second kappa shape index (κ2) is 8.70. The van der Waals surface area contributed by atoms with E-state index >= 15 is 0 Å². The van der Waals surface area contributed by atoms with Crippen molar-refractivity contribution < 1.29 is 18.8 Å². The van der Waals surface area contributed by atoms with Crippen molar-refractivity contribution in [1.29, 1.82) is 0 Å². The minimum atomic E-state index is -0.303. The molecule has 0 spiro atoms. The van der Waals surface area contributed by atoms with E-state index in [9.17, 15) is 4.79 Å². The molecule has 0 aliphatic rings. The van der Waals surface area contributed by atoms with Gasteiger partial charge in [0.1, 0.15) is 18.7 Å². The van der Waals surface area contributed by atoms with Gasteiger partial charge in [0.15, 0.2) is 11.5 Å². The van der Waals surface area contributed by atoms with Gasteiger partial charge in [-0.1, -0.05) is 13.8 Å². The standard InChI is InChI=1S/C24H29NO4/c1-15(2)19-12-20-18(11-24(26)29-22(20)9-16(19)3)14-25(4)13-17-7-8-21(27-5)23(10-17)28-6/h7-12,15H,13-14H2,1-6H3/p+1. The van der Waals surface area contributed by atoms with Gasteiger partial charge in [-0.05, 0) is 54.3 Å². The Kier molecular flexibility index (Phi) is 6.28. The third-order valence-corrected chi connectivity index (χ3v) is 5.28. The highest BCUT2D eigenvalue weighted by Crippen LogP contribution is 2.28. The Morgan fingerprint density at radius 3 is 2.38 bits per heavy atom. The van der Waals surface area contributed by atoms with E-state index in [-0.39, 0.29) is 5.63 Å². The summed E-state index contributed by atoms with van der Waals surface area (Å²) in [5.74, 6) is 1.86. The molecular weight excluding hydrogens is 366 g/mol. The highest BCUT2D eigenvalue weighted by molar-refractivity contribution is 5.82. The molecule has 0 amide bonds. The van der Waals surface area contributed by atoms with Crippen molar-refractivity contribution in [3.05, 3.63) is 69.1 Å². The molecular formula is C24H30NO4+. The van der Waals surface area contributed by atoms with E-state index in [1.807, 2.05) is 24.3 Å². The fourth-order valence-electron chi connectivity index (χ4n) is 3.89. The van der Waals surface area contributed by atoms with Crippen molar-refractivity contribution in [3.8, 4) is 11.5 Å². The maximum absolute atomic E-state index is 12.1. The predicted molar refractivity (Wildman–Crippen MR) is 115 cm³/mol. The third-order valence-electron chi connectivity index (χ3n) is 5.28. The van der Waals surface area contributed by atoms with Crippen LogP contribution in [0.5, 0.6) is 11.5 Å². The first-order valence-corrected chi connectivity index (χ1v) is 9.91. The summed E-state index contributed by atoms with van der Waals surface area (Å²) in [6.45, 7) is 7.95. The number of methoxy groups -OCH3 is 2. The Labute approximate surface area is 171 Å². The molecule has 29 heavy (non-hydrogen) atoms. The van der Waals surface area contributed by atoms with Crippen molar-refractivity contribution in [2.75, 3.05) is 21.3 Å². The Morgan fingerprint density at radius 1 is 1.00 bits per heavy atom. The molecule has 1 heterocycles. The van der Waals surface area contributed by atoms with Crippen LogP contribution in [0.15, 0.2) is 45.6 Å². The van der Waals surface area contributed by atoms with Crippen molar-refractivity contribution in [2.45, 2.75) is 39.8 Å². The molecule has 5 heteroatoms. The van der Waals surface area contributed by atoms with Crippen LogP contribution in [0, 0.1) is 6.92 Å². The summed E-state index contributed by atoms with van der Waals surface area (Å²) in [7, 11) is 5.39. The summed E-state index contributed by atoms with van der Waals surface area (Å²) in [5.41, 5.74) is 4.95. The van der Waals surface area contributed by atoms with E-state index in [0.717, 1.165) is 46.7 Å². The fraction of sp³-hybridized carbons (Fsp3) is 0.375. The summed E-state index contributed by atoms with van der Waals surface area (Å²) in [6, 6.07) is 11.8. The van der Waals surface area contributed by atoms with Gasteiger partial charge in [0.05, 0.1) is 21.3 Å². The second-order valence-electron chi connectivity index (χ2n) is 7.95. The molecule has 0 saturated heterocycles. The second-order valence-corrected chi connectivity index (χ2v) is 7.95. The summed E-state index contributed by atoms with van der Waals surface area (Å²) in [5, 5.41) is 1.02. The number of benzene rings is 2. The maximum atomic E-state index is 12.1. The van der Waals surface area contributed by atoms with Gasteiger partial charge in [0.2, 0.25) is 0 Å². The number of rotatable bonds is 7. The van der Waals surface area contributed by atoms with Gasteiger partial charge in [0, 0.05) is 22.6 Å². The molecule has 0 aliphatic carbocycles. The summed E-state index contributed by atoms with van der Waals surface area (Å²) in [4.78, 5) is 13.4. The Bertz CT molecular complexity index is 1070. The lowest BCUT2D eigenvalue weighted by Gasteiger charge is -2.17. The van der Waals surface area contributed by atoms with Gasteiger partial charge in [0.25, 0.3) is 0 Å². The minimum absolute atomic E-state index is 0.303. The Morgan fingerprint density at radius 2 is 1.72 bits per heavy atom. The molecule has 3 aromatic rings. The highest BCUT2D eigenvalue weighted by Gasteiger charge is 2.15. The van der Waals surface area contributed by atoms with Crippen LogP contribution >= 0.6 is 0 Å². The molecule has 2 aromatic carbocycles. The van der Waals surface area contributed by atoms with E-state index < -0.39 is 0 Å². The lowest BCUT2D eigenvalue weighted by atomic mass is 9.95. The first kappa shape index (κ1) is 20.9. The average Bonchev–Trinajstić information content (AvgIpc) is 2.66. The zero-order valence-corrected chi connectivity index (χ0v) is 18.1.